The quantitative estimate of drug-likeness (QED) is 0.353. The van der Waals surface area contributed by atoms with Crippen LogP contribution in [0.25, 0.3) is 5.82 Å². The molecule has 10 nitrogen and oxygen atoms in total. The van der Waals surface area contributed by atoms with Gasteiger partial charge in [-0.3, -0.25) is 14.8 Å². The van der Waals surface area contributed by atoms with Gasteiger partial charge in [0.25, 0.3) is 5.91 Å². The standard InChI is InChI=1S/C29H38N6O4/c1-29(2,3)21-11-15-33(16-12-21)19-22-13-17-34(32-22)27-23(10-7-14-31-27)28(38)35(39)24(25(36)26(30)37)18-20-8-5-4-6-9-20/h4-10,13-14,17,21,24-25,35-36H,11-12,15-16,18-19H2,1-3H3,(H2,30,37). The maximum absolute atomic E-state index is 13.4. The number of aromatic nitrogens is 3. The second-order valence-corrected chi connectivity index (χ2v) is 11.4. The Morgan fingerprint density at radius 1 is 1.13 bits per heavy atom. The number of benzene rings is 1. The minimum Gasteiger partial charge on any atom is -0.626 e. The molecule has 1 aliphatic rings. The maximum Gasteiger partial charge on any atom is 0.348 e. The van der Waals surface area contributed by atoms with E-state index in [1.54, 1.807) is 36.5 Å². The monoisotopic (exact) mass is 534 g/mol. The van der Waals surface area contributed by atoms with Gasteiger partial charge >= 0.3 is 5.91 Å². The van der Waals surface area contributed by atoms with E-state index >= 15 is 0 Å². The van der Waals surface area contributed by atoms with Crippen molar-refractivity contribution in [1.29, 1.82) is 0 Å². The molecular weight excluding hydrogens is 496 g/mol. The van der Waals surface area contributed by atoms with Gasteiger partial charge in [0.2, 0.25) is 0 Å². The van der Waals surface area contributed by atoms with Crippen molar-refractivity contribution < 1.29 is 19.8 Å². The predicted octanol–water partition coefficient (Wildman–Crippen LogP) is 1.51. The van der Waals surface area contributed by atoms with Crippen molar-refractivity contribution in [2.24, 2.45) is 17.1 Å². The van der Waals surface area contributed by atoms with Crippen LogP contribution in [0.5, 0.6) is 0 Å². The Morgan fingerprint density at radius 2 is 1.82 bits per heavy atom. The predicted molar refractivity (Wildman–Crippen MR) is 147 cm³/mol. The Kier molecular flexibility index (Phi) is 8.91. The van der Waals surface area contributed by atoms with E-state index in [9.17, 15) is 19.9 Å². The van der Waals surface area contributed by atoms with E-state index in [0.717, 1.165) is 31.6 Å². The van der Waals surface area contributed by atoms with Gasteiger partial charge in [0, 0.05) is 25.4 Å². The number of nitrogens with two attached hydrogens (primary N) is 1. The van der Waals surface area contributed by atoms with Crippen LogP contribution in [0.4, 0.5) is 0 Å². The van der Waals surface area contributed by atoms with Crippen molar-refractivity contribution >= 4 is 11.8 Å². The molecule has 39 heavy (non-hydrogen) atoms. The number of amides is 2. The minimum atomic E-state index is -1.81. The number of likely N-dealkylation sites (tertiary alicyclic amines) is 1. The summed E-state index contributed by atoms with van der Waals surface area (Å²) in [6.45, 7) is 9.57. The van der Waals surface area contributed by atoms with Crippen LogP contribution >= 0.6 is 0 Å². The first-order valence-corrected chi connectivity index (χ1v) is 13.4. The SMILES string of the molecule is CC(C)(C)C1CCN(Cc2ccn(-c3ncccc3C(=O)[NH+]([O-])C(Cc3ccccc3)C(O)C(N)=O)n2)CC1. The zero-order valence-electron chi connectivity index (χ0n) is 22.8. The Balaban J connectivity index is 1.51. The van der Waals surface area contributed by atoms with Crippen molar-refractivity contribution in [2.45, 2.75) is 58.7 Å². The fourth-order valence-electron chi connectivity index (χ4n) is 5.22. The fourth-order valence-corrected chi connectivity index (χ4v) is 5.22. The van der Waals surface area contributed by atoms with E-state index in [-0.39, 0.29) is 17.8 Å². The molecule has 4 rings (SSSR count). The summed E-state index contributed by atoms with van der Waals surface area (Å²) < 4.78 is 1.49. The van der Waals surface area contributed by atoms with Crippen LogP contribution in [0.15, 0.2) is 60.9 Å². The molecule has 3 aromatic rings. The first-order valence-electron chi connectivity index (χ1n) is 13.4. The molecule has 208 valence electrons. The van der Waals surface area contributed by atoms with Gasteiger partial charge in [-0.05, 0) is 61.0 Å². The smallest absolute Gasteiger partial charge is 0.348 e. The van der Waals surface area contributed by atoms with Gasteiger partial charge in [0.1, 0.15) is 11.6 Å². The zero-order valence-corrected chi connectivity index (χ0v) is 22.8. The molecule has 4 N–H and O–H groups in total. The van der Waals surface area contributed by atoms with Crippen molar-refractivity contribution in [1.82, 2.24) is 19.7 Å². The topological polar surface area (TPSA) is 142 Å². The highest BCUT2D eigenvalue weighted by Crippen LogP contribution is 2.34. The van der Waals surface area contributed by atoms with E-state index in [0.29, 0.717) is 23.4 Å². The average Bonchev–Trinajstić information content (AvgIpc) is 3.39. The van der Waals surface area contributed by atoms with Crippen molar-refractivity contribution in [3.8, 4) is 5.82 Å². The Hall–Kier alpha value is -3.44. The highest BCUT2D eigenvalue weighted by atomic mass is 16.5. The lowest BCUT2D eigenvalue weighted by Crippen LogP contribution is -3.16. The molecule has 3 atom stereocenters. The summed E-state index contributed by atoms with van der Waals surface area (Å²) in [4.78, 5) is 31.9. The molecule has 0 saturated carbocycles. The second kappa shape index (κ2) is 12.2. The molecule has 1 fully saturated rings. The number of hydrogen-bond acceptors (Lipinski definition) is 7. The normalized spacial score (nSPS) is 17.5. The van der Waals surface area contributed by atoms with Crippen LogP contribution < -0.4 is 10.8 Å². The summed E-state index contributed by atoms with van der Waals surface area (Å²) in [5.41, 5.74) is 7.19. The molecule has 2 aromatic heterocycles. The number of hydroxylamine groups is 2. The van der Waals surface area contributed by atoms with Crippen molar-refractivity contribution in [3.63, 3.8) is 0 Å². The Morgan fingerprint density at radius 3 is 2.46 bits per heavy atom. The lowest BCUT2D eigenvalue weighted by atomic mass is 9.75. The average molecular weight is 535 g/mol. The summed E-state index contributed by atoms with van der Waals surface area (Å²) in [5, 5.41) is 27.5. The number of nitrogens with one attached hydrogen (secondary N) is 1. The van der Waals surface area contributed by atoms with Gasteiger partial charge in [0.15, 0.2) is 11.9 Å². The van der Waals surface area contributed by atoms with E-state index < -0.39 is 29.0 Å². The zero-order chi connectivity index (χ0) is 28.2. The molecule has 0 aliphatic carbocycles. The number of hydrogen-bond donors (Lipinski definition) is 3. The number of piperidine rings is 1. The van der Waals surface area contributed by atoms with Crippen molar-refractivity contribution in [3.05, 3.63) is 83.0 Å². The minimum absolute atomic E-state index is 0.0110. The highest BCUT2D eigenvalue weighted by Gasteiger charge is 2.35. The molecule has 0 spiro atoms. The van der Waals surface area contributed by atoms with E-state index in [1.807, 2.05) is 12.1 Å². The molecule has 1 saturated heterocycles. The lowest BCUT2D eigenvalue weighted by molar-refractivity contribution is -0.792. The third-order valence-corrected chi connectivity index (χ3v) is 7.62. The summed E-state index contributed by atoms with van der Waals surface area (Å²) >= 11 is 0. The van der Waals surface area contributed by atoms with Gasteiger partial charge in [-0.25, -0.2) is 14.5 Å². The molecule has 1 aromatic carbocycles. The Bertz CT molecular complexity index is 1260. The number of nitrogens with zero attached hydrogens (tertiary/aromatic N) is 4. The number of rotatable bonds is 9. The third kappa shape index (κ3) is 6.96. The largest absolute Gasteiger partial charge is 0.626 e. The van der Waals surface area contributed by atoms with Crippen LogP contribution in [0.3, 0.4) is 0 Å². The molecule has 10 heteroatoms. The fraction of sp³-hybridized carbons (Fsp3) is 0.448. The molecule has 1 aliphatic heterocycles. The van der Waals surface area contributed by atoms with Gasteiger partial charge in [0.05, 0.1) is 5.69 Å². The van der Waals surface area contributed by atoms with Crippen LogP contribution in [-0.2, 0) is 17.8 Å². The van der Waals surface area contributed by atoms with E-state index in [4.69, 9.17) is 5.73 Å². The highest BCUT2D eigenvalue weighted by molar-refractivity contribution is 5.91. The van der Waals surface area contributed by atoms with Crippen LogP contribution in [-0.4, -0.2) is 61.8 Å². The van der Waals surface area contributed by atoms with E-state index in [2.05, 4.69) is 35.8 Å². The van der Waals surface area contributed by atoms with Gasteiger partial charge in [-0.2, -0.15) is 5.10 Å². The lowest BCUT2D eigenvalue weighted by Gasteiger charge is -2.38. The number of carbonyl (C=O) groups excluding carboxylic acids is 2. The van der Waals surface area contributed by atoms with Gasteiger partial charge in [-0.1, -0.05) is 51.1 Å². The molecule has 0 bridgehead atoms. The van der Waals surface area contributed by atoms with Crippen molar-refractivity contribution in [2.75, 3.05) is 13.1 Å². The van der Waals surface area contributed by atoms with E-state index in [1.165, 1.54) is 16.9 Å². The molecule has 3 heterocycles. The molecule has 0 radical (unpaired) electrons. The maximum atomic E-state index is 13.4. The summed E-state index contributed by atoms with van der Waals surface area (Å²) in [6, 6.07) is 12.5. The first kappa shape index (κ1) is 28.6. The number of aliphatic hydroxyl groups is 1. The number of quaternary nitrogens is 1. The number of pyridine rings is 1. The summed E-state index contributed by atoms with van der Waals surface area (Å²) in [7, 11) is 0. The van der Waals surface area contributed by atoms with Crippen LogP contribution in [0, 0.1) is 16.5 Å². The number of aliphatic hydroxyl groups excluding tert-OH is 1. The summed E-state index contributed by atoms with van der Waals surface area (Å²) in [5.74, 6) is -1.02. The first-order chi connectivity index (χ1) is 18.5. The van der Waals surface area contributed by atoms with Gasteiger partial charge < -0.3 is 16.0 Å². The molecule has 2 amide bonds. The molecular formula is C29H38N6O4. The molecule has 3 unspecified atom stereocenters. The number of primary amides is 1. The van der Waals surface area contributed by atoms with Crippen LogP contribution in [0.2, 0.25) is 0 Å². The number of carbonyl (C=O) groups is 2. The van der Waals surface area contributed by atoms with Gasteiger partial charge in [-0.15, -0.1) is 0 Å². The van der Waals surface area contributed by atoms with Crippen LogP contribution in [0.1, 0.15) is 55.2 Å². The Labute approximate surface area is 229 Å². The summed E-state index contributed by atoms with van der Waals surface area (Å²) in [6.07, 6.45) is 3.72. The second-order valence-electron chi connectivity index (χ2n) is 11.4. The third-order valence-electron chi connectivity index (χ3n) is 7.62.